The second-order valence-electron chi connectivity index (χ2n) is 3.95. The quantitative estimate of drug-likeness (QED) is 0.767. The fraction of sp³-hybridized carbons (Fsp3) is 0. The number of nitrogens with zero attached hydrogens (tertiary/aromatic N) is 1. The van der Waals surface area contributed by atoms with E-state index in [1.807, 2.05) is 36.4 Å². The topological polar surface area (TPSA) is 42.2 Å². The number of hydrogen-bond donors (Lipinski definition) is 1. The summed E-state index contributed by atoms with van der Waals surface area (Å²) in [6.45, 7) is 0. The van der Waals surface area contributed by atoms with Crippen LogP contribution in [-0.2, 0) is 11.0 Å². The molecule has 1 unspecified atom stereocenters. The van der Waals surface area contributed by atoms with Gasteiger partial charge in [-0.1, -0.05) is 18.2 Å². The highest BCUT2D eigenvalue weighted by molar-refractivity contribution is 7.83. The van der Waals surface area contributed by atoms with E-state index in [4.69, 9.17) is 0 Å². The molecule has 1 N–H and O–H groups in total. The van der Waals surface area contributed by atoms with Crippen LogP contribution in [0.25, 0.3) is 10.9 Å². The molecule has 0 aliphatic heterocycles. The zero-order valence-electron chi connectivity index (χ0n) is 9.48. The zero-order valence-corrected chi connectivity index (χ0v) is 10.3. The molecule has 90 valence electrons. The van der Waals surface area contributed by atoms with Crippen molar-refractivity contribution in [3.8, 4) is 5.75 Å². The van der Waals surface area contributed by atoms with Gasteiger partial charge in [0.2, 0.25) is 0 Å². The van der Waals surface area contributed by atoms with Crippen LogP contribution in [0.1, 0.15) is 0 Å². The summed E-state index contributed by atoms with van der Waals surface area (Å²) in [5.41, 5.74) is 0.843. The molecule has 4 heteroatoms. The first kappa shape index (κ1) is 11.0. The summed E-state index contributed by atoms with van der Waals surface area (Å²) in [5, 5.41) is 10.3. The standard InChI is InChI=1S/C14H11NO2S/c16-12-6-7-14-11(10-12)8-9-15(14)18(17)13-4-2-1-3-5-13/h1-10,16H. The van der Waals surface area contributed by atoms with Gasteiger partial charge in [-0.2, -0.15) is 0 Å². The van der Waals surface area contributed by atoms with Crippen LogP contribution in [0.15, 0.2) is 65.7 Å². The Morgan fingerprint density at radius 2 is 1.78 bits per heavy atom. The molecule has 2 aromatic carbocycles. The van der Waals surface area contributed by atoms with Gasteiger partial charge in [0.05, 0.1) is 10.4 Å². The predicted molar refractivity (Wildman–Crippen MR) is 71.9 cm³/mol. The minimum atomic E-state index is -1.26. The van der Waals surface area contributed by atoms with E-state index in [2.05, 4.69) is 0 Å². The summed E-state index contributed by atoms with van der Waals surface area (Å²) in [7, 11) is -1.26. The first-order valence-electron chi connectivity index (χ1n) is 5.53. The molecule has 0 saturated heterocycles. The summed E-state index contributed by atoms with van der Waals surface area (Å²) in [5.74, 6) is 0.214. The maximum atomic E-state index is 12.4. The van der Waals surface area contributed by atoms with E-state index < -0.39 is 11.0 Å². The Kier molecular flexibility index (Phi) is 2.64. The van der Waals surface area contributed by atoms with Gasteiger partial charge in [0.25, 0.3) is 0 Å². The molecule has 3 aromatic rings. The number of hydrogen-bond acceptors (Lipinski definition) is 2. The molecule has 1 aromatic heterocycles. The van der Waals surface area contributed by atoms with Crippen LogP contribution < -0.4 is 0 Å². The largest absolute Gasteiger partial charge is 0.508 e. The van der Waals surface area contributed by atoms with Gasteiger partial charge in [0, 0.05) is 11.6 Å². The van der Waals surface area contributed by atoms with E-state index >= 15 is 0 Å². The first-order chi connectivity index (χ1) is 8.75. The van der Waals surface area contributed by atoms with Crippen molar-refractivity contribution in [2.45, 2.75) is 4.90 Å². The van der Waals surface area contributed by atoms with Gasteiger partial charge in [-0.15, -0.1) is 0 Å². The molecule has 0 fully saturated rings. The maximum absolute atomic E-state index is 12.4. The van der Waals surface area contributed by atoms with Crippen LogP contribution in [0.4, 0.5) is 0 Å². The fourth-order valence-corrected chi connectivity index (χ4v) is 3.03. The van der Waals surface area contributed by atoms with Gasteiger partial charge < -0.3 is 5.11 Å². The molecule has 0 spiro atoms. The van der Waals surface area contributed by atoms with Crippen molar-refractivity contribution in [2.75, 3.05) is 0 Å². The van der Waals surface area contributed by atoms with E-state index in [1.54, 1.807) is 28.4 Å². The normalized spacial score (nSPS) is 12.7. The molecule has 0 saturated carbocycles. The minimum Gasteiger partial charge on any atom is -0.508 e. The Morgan fingerprint density at radius 3 is 2.56 bits per heavy atom. The van der Waals surface area contributed by atoms with Gasteiger partial charge in [-0.3, -0.25) is 3.97 Å². The van der Waals surface area contributed by atoms with E-state index in [1.165, 1.54) is 0 Å². The lowest BCUT2D eigenvalue weighted by Crippen LogP contribution is -2.02. The molecule has 3 nitrogen and oxygen atoms in total. The average Bonchev–Trinajstić information content (AvgIpc) is 2.81. The van der Waals surface area contributed by atoms with Crippen molar-refractivity contribution in [3.05, 3.63) is 60.8 Å². The molecule has 0 aliphatic carbocycles. The van der Waals surface area contributed by atoms with Crippen molar-refractivity contribution in [1.82, 2.24) is 3.97 Å². The van der Waals surface area contributed by atoms with Crippen LogP contribution >= 0.6 is 0 Å². The van der Waals surface area contributed by atoms with Crippen LogP contribution in [0.3, 0.4) is 0 Å². The lowest BCUT2D eigenvalue weighted by atomic mass is 10.2. The van der Waals surface area contributed by atoms with E-state index in [9.17, 15) is 9.32 Å². The third kappa shape index (κ3) is 1.80. The summed E-state index contributed by atoms with van der Waals surface area (Å²) < 4.78 is 14.1. The predicted octanol–water partition coefficient (Wildman–Crippen LogP) is 2.92. The third-order valence-electron chi connectivity index (χ3n) is 2.76. The maximum Gasteiger partial charge on any atom is 0.157 e. The number of aromatic nitrogens is 1. The molecular weight excluding hydrogens is 246 g/mol. The lowest BCUT2D eigenvalue weighted by Gasteiger charge is -2.05. The second-order valence-corrected chi connectivity index (χ2v) is 5.31. The lowest BCUT2D eigenvalue weighted by molar-refractivity contribution is 0.476. The van der Waals surface area contributed by atoms with Crippen LogP contribution in [0.5, 0.6) is 5.75 Å². The number of fused-ring (bicyclic) bond motifs is 1. The van der Waals surface area contributed by atoms with Gasteiger partial charge in [0.1, 0.15) is 5.75 Å². The molecule has 1 heterocycles. The Labute approximate surface area is 107 Å². The van der Waals surface area contributed by atoms with Crippen LogP contribution in [0.2, 0.25) is 0 Å². The van der Waals surface area contributed by atoms with Crippen molar-refractivity contribution >= 4 is 21.9 Å². The molecule has 0 bridgehead atoms. The SMILES string of the molecule is O=S(c1ccccc1)n1ccc2cc(O)ccc21. The Morgan fingerprint density at radius 1 is 1.00 bits per heavy atom. The summed E-state index contributed by atoms with van der Waals surface area (Å²) >= 11 is 0. The van der Waals surface area contributed by atoms with Gasteiger partial charge >= 0.3 is 0 Å². The molecule has 18 heavy (non-hydrogen) atoms. The van der Waals surface area contributed by atoms with Crippen molar-refractivity contribution in [1.29, 1.82) is 0 Å². The third-order valence-corrected chi connectivity index (χ3v) is 4.11. The summed E-state index contributed by atoms with van der Waals surface area (Å²) in [4.78, 5) is 0.753. The molecular formula is C14H11NO2S. The molecule has 1 atom stereocenters. The number of phenols is 1. The number of rotatable bonds is 2. The molecule has 0 amide bonds. The fourth-order valence-electron chi connectivity index (χ4n) is 1.90. The summed E-state index contributed by atoms with van der Waals surface area (Å²) in [6, 6.07) is 16.2. The Bertz CT molecular complexity index is 719. The van der Waals surface area contributed by atoms with E-state index in [-0.39, 0.29) is 5.75 Å². The van der Waals surface area contributed by atoms with Crippen LogP contribution in [-0.4, -0.2) is 13.3 Å². The number of aromatic hydroxyl groups is 1. The van der Waals surface area contributed by atoms with E-state index in [0.29, 0.717) is 0 Å². The minimum absolute atomic E-state index is 0.214. The van der Waals surface area contributed by atoms with Gasteiger partial charge in [-0.25, -0.2) is 4.21 Å². The van der Waals surface area contributed by atoms with Gasteiger partial charge in [-0.05, 0) is 36.4 Å². The number of phenolic OH excluding ortho intramolecular Hbond substituents is 1. The molecule has 3 rings (SSSR count). The monoisotopic (exact) mass is 257 g/mol. The van der Waals surface area contributed by atoms with Crippen molar-refractivity contribution in [3.63, 3.8) is 0 Å². The Hall–Kier alpha value is -2.07. The highest BCUT2D eigenvalue weighted by Gasteiger charge is 2.09. The Balaban J connectivity index is 2.13. The second kappa shape index (κ2) is 4.31. The highest BCUT2D eigenvalue weighted by atomic mass is 32.2. The van der Waals surface area contributed by atoms with Crippen LogP contribution in [0, 0.1) is 0 Å². The van der Waals surface area contributed by atoms with Crippen molar-refractivity contribution < 1.29 is 9.32 Å². The highest BCUT2D eigenvalue weighted by Crippen LogP contribution is 2.23. The smallest absolute Gasteiger partial charge is 0.157 e. The van der Waals surface area contributed by atoms with E-state index in [0.717, 1.165) is 15.8 Å². The summed E-state index contributed by atoms with van der Waals surface area (Å²) in [6.07, 6.45) is 1.77. The zero-order chi connectivity index (χ0) is 12.5. The number of benzene rings is 2. The molecule has 0 radical (unpaired) electrons. The average molecular weight is 257 g/mol. The first-order valence-corrected chi connectivity index (χ1v) is 6.64. The molecule has 0 aliphatic rings. The van der Waals surface area contributed by atoms with Crippen molar-refractivity contribution in [2.24, 2.45) is 0 Å². The van der Waals surface area contributed by atoms with Gasteiger partial charge in [0.15, 0.2) is 11.0 Å².